The highest BCUT2D eigenvalue weighted by Crippen LogP contribution is 2.23. The Morgan fingerprint density at radius 3 is 2.52 bits per heavy atom. The number of alkyl halides is 2. The largest absolute Gasteiger partial charge is 0.435 e. The van der Waals surface area contributed by atoms with Crippen LogP contribution in [0.1, 0.15) is 17.2 Å². The van der Waals surface area contributed by atoms with Gasteiger partial charge in [0, 0.05) is 6.04 Å². The van der Waals surface area contributed by atoms with Crippen molar-refractivity contribution in [3.8, 4) is 5.75 Å². The van der Waals surface area contributed by atoms with Crippen molar-refractivity contribution in [2.45, 2.75) is 19.1 Å². The summed E-state index contributed by atoms with van der Waals surface area (Å²) in [5.41, 5.74) is 1.63. The molecule has 2 aromatic carbocycles. The molecule has 0 aromatic heterocycles. The van der Waals surface area contributed by atoms with Crippen LogP contribution in [0.5, 0.6) is 5.75 Å². The van der Waals surface area contributed by atoms with Crippen LogP contribution in [0.3, 0.4) is 0 Å². The van der Waals surface area contributed by atoms with Crippen molar-refractivity contribution in [1.29, 1.82) is 0 Å². The number of benzene rings is 2. The summed E-state index contributed by atoms with van der Waals surface area (Å²) >= 11 is 0. The Hall–Kier alpha value is -2.01. The zero-order valence-corrected chi connectivity index (χ0v) is 11.5. The summed E-state index contributed by atoms with van der Waals surface area (Å²) in [6.45, 7) is -2.85. The Kier molecular flexibility index (Phi) is 5.22. The molecule has 1 atom stereocenters. The number of ether oxygens (including phenoxy) is 1. The molecule has 2 rings (SSSR count). The first-order chi connectivity index (χ1) is 10.1. The lowest BCUT2D eigenvalue weighted by molar-refractivity contribution is -0.0499. The minimum absolute atomic E-state index is 0.113. The number of halogens is 3. The van der Waals surface area contributed by atoms with E-state index >= 15 is 0 Å². The summed E-state index contributed by atoms with van der Waals surface area (Å²) in [6, 6.07) is 12.7. The maximum atomic E-state index is 13.2. The van der Waals surface area contributed by atoms with E-state index in [0.717, 1.165) is 11.1 Å². The second-order valence-electron chi connectivity index (χ2n) is 4.63. The third kappa shape index (κ3) is 4.49. The predicted molar refractivity (Wildman–Crippen MR) is 75.0 cm³/mol. The van der Waals surface area contributed by atoms with Crippen LogP contribution >= 0.6 is 0 Å². The minimum atomic E-state index is -2.85. The summed E-state index contributed by atoms with van der Waals surface area (Å²) in [7, 11) is 1.77. The maximum Gasteiger partial charge on any atom is 0.387 e. The van der Waals surface area contributed by atoms with Crippen LogP contribution in [0.4, 0.5) is 13.2 Å². The molecule has 0 radical (unpaired) electrons. The quantitative estimate of drug-likeness (QED) is 0.872. The molecule has 0 amide bonds. The highest BCUT2D eigenvalue weighted by atomic mass is 19.3. The van der Waals surface area contributed by atoms with E-state index in [1.54, 1.807) is 25.2 Å². The van der Waals surface area contributed by atoms with E-state index in [0.29, 0.717) is 6.42 Å². The molecular formula is C16H16F3NO. The number of hydrogen-bond acceptors (Lipinski definition) is 2. The van der Waals surface area contributed by atoms with Gasteiger partial charge in [0.25, 0.3) is 0 Å². The Morgan fingerprint density at radius 2 is 1.86 bits per heavy atom. The van der Waals surface area contributed by atoms with Gasteiger partial charge in [-0.3, -0.25) is 0 Å². The normalized spacial score (nSPS) is 12.4. The van der Waals surface area contributed by atoms with Crippen LogP contribution in [-0.4, -0.2) is 13.7 Å². The molecule has 0 aliphatic heterocycles. The van der Waals surface area contributed by atoms with Crippen molar-refractivity contribution in [1.82, 2.24) is 5.32 Å². The number of nitrogens with one attached hydrogen (secondary N) is 1. The van der Waals surface area contributed by atoms with E-state index in [1.807, 2.05) is 12.1 Å². The molecule has 1 unspecified atom stereocenters. The zero-order valence-electron chi connectivity index (χ0n) is 11.5. The molecule has 0 heterocycles. The summed E-state index contributed by atoms with van der Waals surface area (Å²) in [4.78, 5) is 0. The van der Waals surface area contributed by atoms with Crippen molar-refractivity contribution in [2.24, 2.45) is 0 Å². The van der Waals surface area contributed by atoms with Crippen LogP contribution in [0.2, 0.25) is 0 Å². The fraction of sp³-hybridized carbons (Fsp3) is 0.250. The fourth-order valence-corrected chi connectivity index (χ4v) is 2.19. The summed E-state index contributed by atoms with van der Waals surface area (Å²) < 4.78 is 42.1. The fourth-order valence-electron chi connectivity index (χ4n) is 2.19. The van der Waals surface area contributed by atoms with Crippen molar-refractivity contribution >= 4 is 0 Å². The van der Waals surface area contributed by atoms with Gasteiger partial charge in [0.1, 0.15) is 11.6 Å². The van der Waals surface area contributed by atoms with Crippen LogP contribution in [-0.2, 0) is 6.42 Å². The molecule has 2 aromatic rings. The monoisotopic (exact) mass is 295 g/mol. The van der Waals surface area contributed by atoms with Gasteiger partial charge in [-0.15, -0.1) is 0 Å². The first-order valence-electron chi connectivity index (χ1n) is 6.55. The van der Waals surface area contributed by atoms with Crippen molar-refractivity contribution in [2.75, 3.05) is 7.05 Å². The van der Waals surface area contributed by atoms with E-state index in [9.17, 15) is 13.2 Å². The predicted octanol–water partition coefficient (Wildman–Crippen LogP) is 3.93. The van der Waals surface area contributed by atoms with Crippen LogP contribution < -0.4 is 10.1 Å². The average molecular weight is 295 g/mol. The minimum Gasteiger partial charge on any atom is -0.435 e. The molecule has 0 bridgehead atoms. The van der Waals surface area contributed by atoms with Gasteiger partial charge in [-0.1, -0.05) is 24.3 Å². The summed E-state index contributed by atoms with van der Waals surface area (Å²) in [5.74, 6) is -0.181. The molecule has 0 spiro atoms. The number of rotatable bonds is 6. The molecule has 0 aliphatic carbocycles. The van der Waals surface area contributed by atoms with Gasteiger partial charge >= 0.3 is 6.61 Å². The van der Waals surface area contributed by atoms with Gasteiger partial charge in [-0.25, -0.2) is 4.39 Å². The lowest BCUT2D eigenvalue weighted by Crippen LogP contribution is -2.19. The molecule has 2 nitrogen and oxygen atoms in total. The number of likely N-dealkylation sites (N-methyl/N-ethyl adjacent to an activating group) is 1. The Labute approximate surface area is 121 Å². The molecule has 0 aliphatic rings. The second kappa shape index (κ2) is 7.13. The Bertz CT molecular complexity index is 589. The Balaban J connectivity index is 2.17. The van der Waals surface area contributed by atoms with Crippen molar-refractivity contribution in [3.63, 3.8) is 0 Å². The van der Waals surface area contributed by atoms with Gasteiger partial charge < -0.3 is 10.1 Å². The molecular weight excluding hydrogens is 279 g/mol. The lowest BCUT2D eigenvalue weighted by Gasteiger charge is -2.18. The summed E-state index contributed by atoms with van der Waals surface area (Å²) in [5, 5.41) is 3.10. The standard InChI is InChI=1S/C16H16F3NO/c1-20-15(9-11-4-2-6-13(17)8-11)12-5-3-7-14(10-12)21-16(18)19/h2-8,10,15-16,20H,9H2,1H3. The maximum absolute atomic E-state index is 13.2. The van der Waals surface area contributed by atoms with Crippen LogP contribution in [0.15, 0.2) is 48.5 Å². The van der Waals surface area contributed by atoms with E-state index in [1.165, 1.54) is 18.2 Å². The lowest BCUT2D eigenvalue weighted by atomic mass is 9.99. The van der Waals surface area contributed by atoms with Gasteiger partial charge in [-0.2, -0.15) is 8.78 Å². The molecule has 112 valence electrons. The second-order valence-corrected chi connectivity index (χ2v) is 4.63. The van der Waals surface area contributed by atoms with Crippen molar-refractivity contribution in [3.05, 3.63) is 65.5 Å². The smallest absolute Gasteiger partial charge is 0.387 e. The first kappa shape index (κ1) is 15.4. The third-order valence-electron chi connectivity index (χ3n) is 3.16. The topological polar surface area (TPSA) is 21.3 Å². The van der Waals surface area contributed by atoms with Gasteiger partial charge in [-0.05, 0) is 48.9 Å². The van der Waals surface area contributed by atoms with E-state index in [4.69, 9.17) is 0 Å². The van der Waals surface area contributed by atoms with Crippen LogP contribution in [0, 0.1) is 5.82 Å². The first-order valence-corrected chi connectivity index (χ1v) is 6.55. The molecule has 0 fully saturated rings. The third-order valence-corrected chi connectivity index (χ3v) is 3.16. The van der Waals surface area contributed by atoms with Crippen LogP contribution in [0.25, 0.3) is 0 Å². The number of hydrogen-bond donors (Lipinski definition) is 1. The molecule has 0 saturated carbocycles. The van der Waals surface area contributed by atoms with Gasteiger partial charge in [0.05, 0.1) is 0 Å². The molecule has 1 N–H and O–H groups in total. The highest BCUT2D eigenvalue weighted by Gasteiger charge is 2.12. The highest BCUT2D eigenvalue weighted by molar-refractivity contribution is 5.32. The van der Waals surface area contributed by atoms with Gasteiger partial charge in [0.15, 0.2) is 0 Å². The summed E-state index contributed by atoms with van der Waals surface area (Å²) in [6.07, 6.45) is 0.548. The SMILES string of the molecule is CNC(Cc1cccc(F)c1)c1cccc(OC(F)F)c1. The molecule has 21 heavy (non-hydrogen) atoms. The van der Waals surface area contributed by atoms with E-state index < -0.39 is 6.61 Å². The van der Waals surface area contributed by atoms with Crippen molar-refractivity contribution < 1.29 is 17.9 Å². The molecule has 0 saturated heterocycles. The van der Waals surface area contributed by atoms with E-state index in [-0.39, 0.29) is 17.6 Å². The Morgan fingerprint density at radius 1 is 1.10 bits per heavy atom. The van der Waals surface area contributed by atoms with Gasteiger partial charge in [0.2, 0.25) is 0 Å². The zero-order chi connectivity index (χ0) is 15.2. The average Bonchev–Trinajstić information content (AvgIpc) is 2.44. The molecule has 5 heteroatoms. The van der Waals surface area contributed by atoms with E-state index in [2.05, 4.69) is 10.1 Å².